The lowest BCUT2D eigenvalue weighted by atomic mass is 10.2. The van der Waals surface area contributed by atoms with Gasteiger partial charge in [-0.3, -0.25) is 9.40 Å². The molecule has 0 aliphatic heterocycles. The maximum absolute atomic E-state index is 12.5. The first-order chi connectivity index (χ1) is 11.4. The third-order valence-electron chi connectivity index (χ3n) is 3.49. The summed E-state index contributed by atoms with van der Waals surface area (Å²) >= 11 is 0. The number of sulfonamides is 1. The number of nitrogens with one attached hydrogen (secondary N) is 2. The molecule has 0 saturated heterocycles. The average Bonchev–Trinajstić information content (AvgIpc) is 2.99. The Morgan fingerprint density at radius 2 is 1.67 bits per heavy atom. The predicted molar refractivity (Wildman–Crippen MR) is 94.9 cm³/mol. The zero-order valence-corrected chi connectivity index (χ0v) is 14.2. The van der Waals surface area contributed by atoms with Crippen molar-refractivity contribution in [2.24, 2.45) is 7.05 Å². The maximum atomic E-state index is 12.5. The van der Waals surface area contributed by atoms with E-state index in [1.807, 2.05) is 43.3 Å². The second-order valence-electron chi connectivity index (χ2n) is 5.49. The minimum absolute atomic E-state index is 0.120. The number of benzene rings is 2. The summed E-state index contributed by atoms with van der Waals surface area (Å²) in [5, 5.41) is 7.14. The molecule has 0 bridgehead atoms. The summed E-state index contributed by atoms with van der Waals surface area (Å²) in [6, 6.07) is 15.0. The van der Waals surface area contributed by atoms with Crippen molar-refractivity contribution in [2.45, 2.75) is 11.8 Å². The van der Waals surface area contributed by atoms with Crippen LogP contribution in [0.5, 0.6) is 0 Å². The monoisotopic (exact) mass is 342 g/mol. The Balaban J connectivity index is 1.88. The zero-order valence-electron chi connectivity index (χ0n) is 13.4. The summed E-state index contributed by atoms with van der Waals surface area (Å²) in [5.41, 5.74) is 3.19. The van der Waals surface area contributed by atoms with Gasteiger partial charge in [-0.2, -0.15) is 5.10 Å². The molecule has 0 aliphatic rings. The molecule has 124 valence electrons. The van der Waals surface area contributed by atoms with Gasteiger partial charge >= 0.3 is 0 Å². The van der Waals surface area contributed by atoms with Gasteiger partial charge in [-0.05, 0) is 31.2 Å². The van der Waals surface area contributed by atoms with E-state index in [9.17, 15) is 8.42 Å². The van der Waals surface area contributed by atoms with Gasteiger partial charge in [0, 0.05) is 18.9 Å². The van der Waals surface area contributed by atoms with Gasteiger partial charge in [0.05, 0.1) is 17.6 Å². The summed E-state index contributed by atoms with van der Waals surface area (Å²) in [5.74, 6) is 0. The maximum Gasteiger partial charge on any atom is 0.265 e. The molecule has 0 saturated carbocycles. The van der Waals surface area contributed by atoms with Crippen molar-refractivity contribution in [2.75, 3.05) is 10.0 Å². The molecule has 0 spiro atoms. The number of anilines is 3. The molecular formula is C17H18N4O2S. The molecule has 0 unspecified atom stereocenters. The molecule has 2 N–H and O–H groups in total. The van der Waals surface area contributed by atoms with Crippen molar-refractivity contribution in [3.8, 4) is 0 Å². The van der Waals surface area contributed by atoms with Crippen LogP contribution in [0.3, 0.4) is 0 Å². The van der Waals surface area contributed by atoms with Gasteiger partial charge in [0.15, 0.2) is 0 Å². The first-order valence-electron chi connectivity index (χ1n) is 7.38. The number of nitrogens with zero attached hydrogens (tertiary/aromatic N) is 2. The van der Waals surface area contributed by atoms with Crippen LogP contribution in [0.2, 0.25) is 0 Å². The fourth-order valence-electron chi connectivity index (χ4n) is 2.21. The molecule has 6 nitrogen and oxygen atoms in total. The molecule has 0 aliphatic carbocycles. The normalized spacial score (nSPS) is 11.2. The number of aromatic nitrogens is 2. The lowest BCUT2D eigenvalue weighted by Crippen LogP contribution is -2.13. The number of hydrogen-bond acceptors (Lipinski definition) is 4. The van der Waals surface area contributed by atoms with Crippen molar-refractivity contribution in [3.63, 3.8) is 0 Å². The Labute approximate surface area is 141 Å². The third kappa shape index (κ3) is 3.57. The van der Waals surface area contributed by atoms with Crippen LogP contribution in [0.15, 0.2) is 65.8 Å². The minimum Gasteiger partial charge on any atom is -0.354 e. The number of hydrogen-bond donors (Lipinski definition) is 2. The van der Waals surface area contributed by atoms with E-state index in [1.54, 1.807) is 19.2 Å². The summed E-state index contributed by atoms with van der Waals surface area (Å²) in [7, 11) is -2.01. The van der Waals surface area contributed by atoms with Gasteiger partial charge in [-0.15, -0.1) is 0 Å². The molecule has 24 heavy (non-hydrogen) atoms. The van der Waals surface area contributed by atoms with Gasteiger partial charge in [-0.25, -0.2) is 8.42 Å². The average molecular weight is 342 g/mol. The van der Waals surface area contributed by atoms with E-state index in [0.29, 0.717) is 11.4 Å². The highest BCUT2D eigenvalue weighted by molar-refractivity contribution is 7.92. The lowest BCUT2D eigenvalue weighted by Gasteiger charge is -2.13. The SMILES string of the molecule is Cc1ccc(Nc2ccccc2NS(=O)(=O)c2cnn(C)c2)cc1. The van der Waals surface area contributed by atoms with Crippen LogP contribution >= 0.6 is 0 Å². The zero-order chi connectivity index (χ0) is 17.2. The molecule has 2 aromatic carbocycles. The van der Waals surface area contributed by atoms with E-state index >= 15 is 0 Å². The lowest BCUT2D eigenvalue weighted by molar-refractivity contribution is 0.601. The number of para-hydroxylation sites is 2. The molecule has 0 fully saturated rings. The highest BCUT2D eigenvalue weighted by Crippen LogP contribution is 2.27. The molecular weight excluding hydrogens is 324 g/mol. The van der Waals surface area contributed by atoms with Crippen LogP contribution in [0, 0.1) is 6.92 Å². The van der Waals surface area contributed by atoms with Crippen LogP contribution < -0.4 is 10.0 Å². The largest absolute Gasteiger partial charge is 0.354 e. The van der Waals surface area contributed by atoms with E-state index in [-0.39, 0.29) is 4.90 Å². The highest BCUT2D eigenvalue weighted by Gasteiger charge is 2.17. The van der Waals surface area contributed by atoms with Gasteiger partial charge in [0.1, 0.15) is 4.90 Å². The summed E-state index contributed by atoms with van der Waals surface area (Å²) in [4.78, 5) is 0.120. The molecule has 0 radical (unpaired) electrons. The molecule has 7 heteroatoms. The predicted octanol–water partition coefficient (Wildman–Crippen LogP) is 3.27. The van der Waals surface area contributed by atoms with Crippen LogP contribution in [-0.4, -0.2) is 18.2 Å². The van der Waals surface area contributed by atoms with Gasteiger partial charge < -0.3 is 5.32 Å². The Kier molecular flexibility index (Phi) is 4.26. The fraction of sp³-hybridized carbons (Fsp3) is 0.118. The van der Waals surface area contributed by atoms with Gasteiger partial charge in [0.25, 0.3) is 10.0 Å². The highest BCUT2D eigenvalue weighted by atomic mass is 32.2. The Hall–Kier alpha value is -2.80. The van der Waals surface area contributed by atoms with Crippen LogP contribution in [0.4, 0.5) is 17.1 Å². The van der Waals surface area contributed by atoms with Gasteiger partial charge in [-0.1, -0.05) is 29.8 Å². The molecule has 1 heterocycles. The quantitative estimate of drug-likeness (QED) is 0.746. The Bertz CT molecular complexity index is 947. The van der Waals surface area contributed by atoms with Crippen LogP contribution in [-0.2, 0) is 17.1 Å². The van der Waals surface area contributed by atoms with Crippen molar-refractivity contribution in [3.05, 3.63) is 66.5 Å². The standard InChI is InChI=1S/C17H18N4O2S/c1-13-7-9-14(10-8-13)19-16-5-3-4-6-17(16)20-24(22,23)15-11-18-21(2)12-15/h3-12,19-20H,1-2H3. The second-order valence-corrected chi connectivity index (χ2v) is 7.17. The summed E-state index contributed by atoms with van der Waals surface area (Å²) in [6.45, 7) is 2.01. The van der Waals surface area contributed by atoms with E-state index in [2.05, 4.69) is 15.1 Å². The summed E-state index contributed by atoms with van der Waals surface area (Å²) in [6.07, 6.45) is 2.77. The van der Waals surface area contributed by atoms with E-state index < -0.39 is 10.0 Å². The number of rotatable bonds is 5. The van der Waals surface area contributed by atoms with Crippen molar-refractivity contribution in [1.29, 1.82) is 0 Å². The topological polar surface area (TPSA) is 76.0 Å². The Morgan fingerprint density at radius 3 is 2.29 bits per heavy atom. The van der Waals surface area contributed by atoms with E-state index in [0.717, 1.165) is 11.3 Å². The van der Waals surface area contributed by atoms with Crippen LogP contribution in [0.1, 0.15) is 5.56 Å². The van der Waals surface area contributed by atoms with Gasteiger partial charge in [0.2, 0.25) is 0 Å². The Morgan fingerprint density at radius 1 is 1.00 bits per heavy atom. The molecule has 1 aromatic heterocycles. The molecule has 3 aromatic rings. The van der Waals surface area contributed by atoms with Crippen molar-refractivity contribution < 1.29 is 8.42 Å². The summed E-state index contributed by atoms with van der Waals surface area (Å²) < 4.78 is 29.0. The van der Waals surface area contributed by atoms with Crippen molar-refractivity contribution in [1.82, 2.24) is 9.78 Å². The molecule has 0 amide bonds. The molecule has 0 atom stereocenters. The first-order valence-corrected chi connectivity index (χ1v) is 8.86. The van der Waals surface area contributed by atoms with E-state index in [4.69, 9.17) is 0 Å². The third-order valence-corrected chi connectivity index (χ3v) is 4.81. The minimum atomic E-state index is -3.69. The van der Waals surface area contributed by atoms with Crippen LogP contribution in [0.25, 0.3) is 0 Å². The van der Waals surface area contributed by atoms with Crippen molar-refractivity contribution >= 4 is 27.1 Å². The first kappa shape index (κ1) is 16.1. The smallest absolute Gasteiger partial charge is 0.265 e. The second kappa shape index (κ2) is 6.37. The fourth-order valence-corrected chi connectivity index (χ4v) is 3.28. The number of aryl methyl sites for hydroxylation is 2. The molecule has 3 rings (SSSR count). The van der Waals surface area contributed by atoms with E-state index in [1.165, 1.54) is 17.1 Å².